The zero-order valence-corrected chi connectivity index (χ0v) is 20.5. The molecule has 8 nitrogen and oxygen atoms in total. The van der Waals surface area contributed by atoms with Crippen molar-refractivity contribution in [3.8, 4) is 11.4 Å². The number of aliphatic hydroxyl groups is 1. The van der Waals surface area contributed by atoms with Crippen LogP contribution in [0.25, 0.3) is 11.4 Å². The largest absolute Gasteiger partial charge is 0.381 e. The average Bonchev–Trinajstić information content (AvgIpc) is 3.52. The zero-order chi connectivity index (χ0) is 25.4. The maximum absolute atomic E-state index is 14.9. The van der Waals surface area contributed by atoms with Crippen LogP contribution in [0.5, 0.6) is 0 Å². The van der Waals surface area contributed by atoms with Crippen LogP contribution in [-0.2, 0) is 25.2 Å². The fraction of sp³-hybridized carbons (Fsp3) is 0.385. The van der Waals surface area contributed by atoms with Gasteiger partial charge in [0.1, 0.15) is 35.7 Å². The van der Waals surface area contributed by atoms with Gasteiger partial charge in [-0.25, -0.2) is 28.1 Å². The Hall–Kier alpha value is -3.50. The summed E-state index contributed by atoms with van der Waals surface area (Å²) in [7, 11) is 0. The van der Waals surface area contributed by atoms with Gasteiger partial charge in [-0.1, -0.05) is 44.2 Å². The van der Waals surface area contributed by atoms with Gasteiger partial charge in [-0.05, 0) is 24.5 Å². The Labute approximate surface area is 208 Å². The van der Waals surface area contributed by atoms with Crippen LogP contribution in [0.3, 0.4) is 0 Å². The molecule has 0 aliphatic carbocycles. The highest BCUT2D eigenvalue weighted by molar-refractivity contribution is 5.55. The number of fused-ring (bicyclic) bond motifs is 1. The number of rotatable bonds is 7. The molecule has 2 atom stereocenters. The third-order valence-electron chi connectivity index (χ3n) is 7.03. The first-order valence-corrected chi connectivity index (χ1v) is 12.0. The van der Waals surface area contributed by atoms with Crippen molar-refractivity contribution in [2.45, 2.75) is 58.0 Å². The maximum atomic E-state index is 14.9. The van der Waals surface area contributed by atoms with Crippen LogP contribution in [-0.4, -0.2) is 52.1 Å². The van der Waals surface area contributed by atoms with E-state index in [-0.39, 0.29) is 12.1 Å². The van der Waals surface area contributed by atoms with Gasteiger partial charge < -0.3 is 5.11 Å². The Morgan fingerprint density at radius 1 is 1.06 bits per heavy atom. The SMILES string of the molecule is CC(C)c1ccc(-c2nc3n(n2)CCN([C@H](C)[C@](O)(Cn2cncn2)c2ccc(F)cc2F)C3)cc1. The van der Waals surface area contributed by atoms with E-state index < -0.39 is 23.3 Å². The van der Waals surface area contributed by atoms with Crippen LogP contribution in [0.1, 0.15) is 43.6 Å². The Kier molecular flexibility index (Phi) is 6.40. The molecule has 0 saturated carbocycles. The van der Waals surface area contributed by atoms with Crippen molar-refractivity contribution in [2.75, 3.05) is 6.54 Å². The summed E-state index contributed by atoms with van der Waals surface area (Å²) >= 11 is 0. The number of nitrogens with zero attached hydrogens (tertiary/aromatic N) is 7. The molecule has 1 N–H and O–H groups in total. The minimum absolute atomic E-state index is 0.00451. The predicted octanol–water partition coefficient (Wildman–Crippen LogP) is 3.73. The van der Waals surface area contributed by atoms with Gasteiger partial charge in [0.25, 0.3) is 0 Å². The molecule has 10 heteroatoms. The number of benzene rings is 2. The second-order valence-electron chi connectivity index (χ2n) is 9.64. The van der Waals surface area contributed by atoms with E-state index >= 15 is 0 Å². The average molecular weight is 494 g/mol. The predicted molar refractivity (Wildman–Crippen MR) is 130 cm³/mol. The van der Waals surface area contributed by atoms with Crippen LogP contribution in [0.2, 0.25) is 0 Å². The van der Waals surface area contributed by atoms with Gasteiger partial charge in [-0.2, -0.15) is 10.2 Å². The molecule has 0 radical (unpaired) electrons. The molecule has 3 heterocycles. The van der Waals surface area contributed by atoms with Gasteiger partial charge in [0.15, 0.2) is 5.82 Å². The minimum atomic E-state index is -1.71. The van der Waals surface area contributed by atoms with Crippen LogP contribution in [0.15, 0.2) is 55.1 Å². The standard InChI is InChI=1S/C26H29F2N7O/c1-17(2)19-4-6-20(7-5-19)25-31-24-13-33(10-11-35(24)32-25)18(3)26(36,14-34-16-29-15-30-34)22-9-8-21(27)12-23(22)28/h4-9,12,15-18,36H,10-11,13-14H2,1-3H3/t18-,26-/m1/s1. The molecule has 0 amide bonds. The molecule has 188 valence electrons. The summed E-state index contributed by atoms with van der Waals surface area (Å²) in [5.41, 5.74) is 0.493. The van der Waals surface area contributed by atoms with Gasteiger partial charge in [0.2, 0.25) is 0 Å². The smallest absolute Gasteiger partial charge is 0.181 e. The van der Waals surface area contributed by atoms with Crippen molar-refractivity contribution in [1.29, 1.82) is 0 Å². The number of aromatic nitrogens is 6. The lowest BCUT2D eigenvalue weighted by molar-refractivity contribution is -0.0714. The van der Waals surface area contributed by atoms with Gasteiger partial charge in [0, 0.05) is 29.8 Å². The summed E-state index contributed by atoms with van der Waals surface area (Å²) in [6.07, 6.45) is 2.81. The van der Waals surface area contributed by atoms with Crippen molar-refractivity contribution in [3.05, 3.63) is 83.7 Å². The van der Waals surface area contributed by atoms with Gasteiger partial charge in [-0.3, -0.25) is 4.90 Å². The van der Waals surface area contributed by atoms with Crippen molar-refractivity contribution in [3.63, 3.8) is 0 Å². The number of halogens is 2. The van der Waals surface area contributed by atoms with Crippen molar-refractivity contribution >= 4 is 0 Å². The van der Waals surface area contributed by atoms with Crippen LogP contribution in [0.4, 0.5) is 8.78 Å². The molecule has 0 fully saturated rings. The highest BCUT2D eigenvalue weighted by Gasteiger charge is 2.43. The Balaban J connectivity index is 1.43. The van der Waals surface area contributed by atoms with Gasteiger partial charge in [0.05, 0.1) is 19.6 Å². The van der Waals surface area contributed by atoms with E-state index in [0.29, 0.717) is 31.4 Å². The quantitative estimate of drug-likeness (QED) is 0.422. The zero-order valence-electron chi connectivity index (χ0n) is 20.5. The first kappa shape index (κ1) is 24.2. The highest BCUT2D eigenvalue weighted by atomic mass is 19.1. The first-order valence-electron chi connectivity index (χ1n) is 12.0. The molecular formula is C26H29F2N7O. The van der Waals surface area contributed by atoms with Crippen LogP contribution >= 0.6 is 0 Å². The number of hydrogen-bond donors (Lipinski definition) is 1. The van der Waals surface area contributed by atoms with Crippen molar-refractivity contribution in [1.82, 2.24) is 34.4 Å². The highest BCUT2D eigenvalue weighted by Crippen LogP contribution is 2.34. The fourth-order valence-corrected chi connectivity index (χ4v) is 4.77. The molecule has 2 aromatic heterocycles. The van der Waals surface area contributed by atoms with E-state index in [0.717, 1.165) is 23.5 Å². The van der Waals surface area contributed by atoms with E-state index in [1.807, 2.05) is 28.6 Å². The van der Waals surface area contributed by atoms with Crippen LogP contribution in [0, 0.1) is 11.6 Å². The van der Waals surface area contributed by atoms with Gasteiger partial charge >= 0.3 is 0 Å². The summed E-state index contributed by atoms with van der Waals surface area (Å²) in [6, 6.07) is 10.9. The third kappa shape index (κ3) is 4.54. The molecule has 36 heavy (non-hydrogen) atoms. The Morgan fingerprint density at radius 3 is 2.50 bits per heavy atom. The molecule has 5 rings (SSSR count). The maximum Gasteiger partial charge on any atom is 0.181 e. The van der Waals surface area contributed by atoms with E-state index in [1.54, 1.807) is 0 Å². The second kappa shape index (κ2) is 9.51. The van der Waals surface area contributed by atoms with E-state index in [2.05, 4.69) is 41.2 Å². The molecule has 0 bridgehead atoms. The molecule has 1 aliphatic heterocycles. The summed E-state index contributed by atoms with van der Waals surface area (Å²) in [5.74, 6) is 0.347. The number of hydrogen-bond acceptors (Lipinski definition) is 6. The molecule has 0 saturated heterocycles. The van der Waals surface area contributed by atoms with Crippen LogP contribution < -0.4 is 0 Å². The summed E-state index contributed by atoms with van der Waals surface area (Å²) in [5, 5.41) is 20.7. The van der Waals surface area contributed by atoms with E-state index in [1.165, 1.54) is 29.0 Å². The monoisotopic (exact) mass is 493 g/mol. The Morgan fingerprint density at radius 2 is 1.83 bits per heavy atom. The molecule has 0 unspecified atom stereocenters. The lowest BCUT2D eigenvalue weighted by Gasteiger charge is -2.42. The summed E-state index contributed by atoms with van der Waals surface area (Å²) in [6.45, 7) is 7.65. The lowest BCUT2D eigenvalue weighted by atomic mass is 9.85. The van der Waals surface area contributed by atoms with Crippen molar-refractivity contribution < 1.29 is 13.9 Å². The minimum Gasteiger partial charge on any atom is -0.381 e. The van der Waals surface area contributed by atoms with Gasteiger partial charge in [-0.15, -0.1) is 0 Å². The molecule has 2 aromatic carbocycles. The molecule has 1 aliphatic rings. The molecule has 4 aromatic rings. The summed E-state index contributed by atoms with van der Waals surface area (Å²) < 4.78 is 31.9. The lowest BCUT2D eigenvalue weighted by Crippen LogP contribution is -2.53. The van der Waals surface area contributed by atoms with E-state index in [9.17, 15) is 13.9 Å². The normalized spacial score (nSPS) is 16.6. The summed E-state index contributed by atoms with van der Waals surface area (Å²) in [4.78, 5) is 10.7. The molecule has 0 spiro atoms. The first-order chi connectivity index (χ1) is 17.2. The third-order valence-corrected chi connectivity index (χ3v) is 7.03. The fourth-order valence-electron chi connectivity index (χ4n) is 4.77. The van der Waals surface area contributed by atoms with Crippen molar-refractivity contribution in [2.24, 2.45) is 0 Å². The van der Waals surface area contributed by atoms with E-state index in [4.69, 9.17) is 4.98 Å². The molecular weight excluding hydrogens is 464 g/mol. The Bertz CT molecular complexity index is 1340. The second-order valence-corrected chi connectivity index (χ2v) is 9.64. The topological polar surface area (TPSA) is 84.9 Å².